The predicted octanol–water partition coefficient (Wildman–Crippen LogP) is 7.35. The molecule has 0 saturated heterocycles. The molecule has 2 atom stereocenters. The second-order valence-electron chi connectivity index (χ2n) is 7.89. The van der Waals surface area contributed by atoms with Crippen LogP contribution in [0.4, 0.5) is 0 Å². The van der Waals surface area contributed by atoms with Gasteiger partial charge in [-0.05, 0) is 18.8 Å². The van der Waals surface area contributed by atoms with Crippen molar-refractivity contribution in [1.29, 1.82) is 0 Å². The molecule has 3 heteroatoms. The van der Waals surface area contributed by atoms with Gasteiger partial charge >= 0.3 is 0 Å². The molecule has 0 fully saturated rings. The van der Waals surface area contributed by atoms with Gasteiger partial charge in [0.2, 0.25) is 0 Å². The Morgan fingerprint density at radius 3 is 1.80 bits per heavy atom. The quantitative estimate of drug-likeness (QED) is 0.275. The van der Waals surface area contributed by atoms with Crippen LogP contribution in [0.2, 0.25) is 0 Å². The van der Waals surface area contributed by atoms with E-state index in [-0.39, 0.29) is 0 Å². The molecule has 0 saturated carbocycles. The van der Waals surface area contributed by atoms with Crippen molar-refractivity contribution in [2.45, 2.75) is 123 Å². The van der Waals surface area contributed by atoms with Crippen molar-refractivity contribution in [3.05, 3.63) is 12.4 Å². The summed E-state index contributed by atoms with van der Waals surface area (Å²) < 4.78 is 2.12. The zero-order valence-corrected chi connectivity index (χ0v) is 17.3. The lowest BCUT2D eigenvalue weighted by Gasteiger charge is -2.24. The van der Waals surface area contributed by atoms with Crippen molar-refractivity contribution in [3.63, 3.8) is 0 Å². The molecule has 25 heavy (non-hydrogen) atoms. The van der Waals surface area contributed by atoms with Gasteiger partial charge in [-0.25, -0.2) is 4.68 Å². The van der Waals surface area contributed by atoms with Gasteiger partial charge in [0.25, 0.3) is 0 Å². The van der Waals surface area contributed by atoms with Gasteiger partial charge in [-0.15, -0.1) is 5.10 Å². The maximum atomic E-state index is 4.31. The molecule has 0 radical (unpaired) electrons. The highest BCUT2D eigenvalue weighted by Gasteiger charge is 2.19. The highest BCUT2D eigenvalue weighted by Crippen LogP contribution is 2.28. The third-order valence-corrected chi connectivity index (χ3v) is 5.55. The van der Waals surface area contributed by atoms with Crippen LogP contribution >= 0.6 is 0 Å². The lowest BCUT2D eigenvalue weighted by molar-refractivity contribution is 0.273. The molecular weight excluding hydrogens is 306 g/mol. The first-order chi connectivity index (χ1) is 12.3. The first-order valence-corrected chi connectivity index (χ1v) is 11.1. The van der Waals surface area contributed by atoms with Crippen LogP contribution < -0.4 is 0 Å². The van der Waals surface area contributed by atoms with Crippen molar-refractivity contribution in [1.82, 2.24) is 15.0 Å². The molecule has 0 bridgehead atoms. The molecule has 0 N–H and O–H groups in total. The highest BCUT2D eigenvalue weighted by atomic mass is 15.4. The van der Waals surface area contributed by atoms with Crippen molar-refractivity contribution in [2.75, 3.05) is 0 Å². The van der Waals surface area contributed by atoms with Crippen LogP contribution in [0.1, 0.15) is 123 Å². The molecule has 0 amide bonds. The molecule has 1 rings (SSSR count). The first kappa shape index (κ1) is 22.2. The minimum atomic E-state index is 0.536. The fourth-order valence-corrected chi connectivity index (χ4v) is 3.82. The Balaban J connectivity index is 2.21. The molecule has 1 aromatic heterocycles. The first-order valence-electron chi connectivity index (χ1n) is 11.1. The highest BCUT2D eigenvalue weighted by molar-refractivity contribution is 4.77. The van der Waals surface area contributed by atoms with E-state index in [0.717, 1.165) is 0 Å². The lowest BCUT2D eigenvalue weighted by atomic mass is 9.91. The Labute approximate surface area is 157 Å². The Morgan fingerprint density at radius 1 is 0.720 bits per heavy atom. The Morgan fingerprint density at radius 2 is 1.24 bits per heavy atom. The van der Waals surface area contributed by atoms with E-state index in [1.807, 2.05) is 6.20 Å². The minimum Gasteiger partial charge on any atom is -0.249 e. The maximum absolute atomic E-state index is 4.31. The molecule has 1 aromatic rings. The third kappa shape index (κ3) is 10.7. The molecule has 1 heterocycles. The number of unbranched alkanes of at least 4 members (excludes halogenated alkanes) is 11. The van der Waals surface area contributed by atoms with Gasteiger partial charge in [-0.1, -0.05) is 109 Å². The predicted molar refractivity (Wildman–Crippen MR) is 109 cm³/mol. The van der Waals surface area contributed by atoms with Crippen molar-refractivity contribution < 1.29 is 0 Å². The molecule has 2 unspecified atom stereocenters. The van der Waals surface area contributed by atoms with E-state index >= 15 is 0 Å². The number of aromatic nitrogens is 3. The molecule has 146 valence electrons. The summed E-state index contributed by atoms with van der Waals surface area (Å²) in [6.07, 6.45) is 24.5. The maximum Gasteiger partial charge on any atom is 0.0693 e. The summed E-state index contributed by atoms with van der Waals surface area (Å²) in [7, 11) is 0. The number of hydrogen-bond acceptors (Lipinski definition) is 2. The van der Waals surface area contributed by atoms with Gasteiger partial charge in [-0.2, -0.15) is 0 Å². The fourth-order valence-electron chi connectivity index (χ4n) is 3.82. The average Bonchev–Trinajstić information content (AvgIpc) is 3.14. The second kappa shape index (κ2) is 15.4. The van der Waals surface area contributed by atoms with E-state index < -0.39 is 0 Å². The molecule has 0 spiro atoms. The fraction of sp³-hybridized carbons (Fsp3) is 0.909. The molecular formula is C22H43N3. The number of rotatable bonds is 17. The Bertz CT molecular complexity index is 375. The SMILES string of the molecule is CCCCCCCCCCCC(C(C)CCCCCC)n1ccnn1. The van der Waals surface area contributed by atoms with Crippen LogP contribution in [-0.2, 0) is 0 Å². The largest absolute Gasteiger partial charge is 0.249 e. The normalized spacial score (nSPS) is 13.9. The average molecular weight is 350 g/mol. The molecule has 0 aliphatic carbocycles. The van der Waals surface area contributed by atoms with E-state index in [4.69, 9.17) is 0 Å². The van der Waals surface area contributed by atoms with Gasteiger partial charge in [-0.3, -0.25) is 0 Å². The standard InChI is InChI=1S/C22H43N3/c1-4-6-8-10-11-12-13-14-16-18-22(25-20-19-23-24-25)21(3)17-15-9-7-5-2/h19-22H,4-18H2,1-3H3. The van der Waals surface area contributed by atoms with Gasteiger partial charge in [0.1, 0.15) is 0 Å². The Hall–Kier alpha value is -0.860. The van der Waals surface area contributed by atoms with Crippen LogP contribution in [-0.4, -0.2) is 15.0 Å². The summed E-state index contributed by atoms with van der Waals surface area (Å²) in [4.78, 5) is 0. The van der Waals surface area contributed by atoms with E-state index in [2.05, 4.69) is 42.0 Å². The van der Waals surface area contributed by atoms with E-state index in [0.29, 0.717) is 12.0 Å². The van der Waals surface area contributed by atoms with Gasteiger partial charge in [0.05, 0.1) is 12.2 Å². The zero-order chi connectivity index (χ0) is 18.2. The second-order valence-corrected chi connectivity index (χ2v) is 7.89. The summed E-state index contributed by atoms with van der Waals surface area (Å²) in [6, 6.07) is 0.536. The molecule has 0 aromatic carbocycles. The van der Waals surface area contributed by atoms with E-state index in [1.165, 1.54) is 96.3 Å². The number of nitrogens with zero attached hydrogens (tertiary/aromatic N) is 3. The van der Waals surface area contributed by atoms with Crippen LogP contribution in [0.5, 0.6) is 0 Å². The molecule has 0 aliphatic heterocycles. The molecule has 3 nitrogen and oxygen atoms in total. The summed E-state index contributed by atoms with van der Waals surface area (Å²) in [6.45, 7) is 6.98. The summed E-state index contributed by atoms with van der Waals surface area (Å²) >= 11 is 0. The minimum absolute atomic E-state index is 0.536. The molecule has 0 aliphatic rings. The van der Waals surface area contributed by atoms with E-state index in [9.17, 15) is 0 Å². The smallest absolute Gasteiger partial charge is 0.0693 e. The van der Waals surface area contributed by atoms with Gasteiger partial charge in [0.15, 0.2) is 0 Å². The number of hydrogen-bond donors (Lipinski definition) is 0. The Kier molecular flexibility index (Phi) is 13.7. The van der Waals surface area contributed by atoms with Gasteiger partial charge < -0.3 is 0 Å². The van der Waals surface area contributed by atoms with Crippen molar-refractivity contribution in [3.8, 4) is 0 Å². The summed E-state index contributed by atoms with van der Waals surface area (Å²) in [5.41, 5.74) is 0. The summed E-state index contributed by atoms with van der Waals surface area (Å²) in [5, 5.41) is 8.35. The topological polar surface area (TPSA) is 30.7 Å². The van der Waals surface area contributed by atoms with Crippen LogP contribution in [0.25, 0.3) is 0 Å². The monoisotopic (exact) mass is 349 g/mol. The van der Waals surface area contributed by atoms with Gasteiger partial charge in [0, 0.05) is 6.20 Å². The zero-order valence-electron chi connectivity index (χ0n) is 17.3. The summed E-state index contributed by atoms with van der Waals surface area (Å²) in [5.74, 6) is 0.701. The lowest BCUT2D eigenvalue weighted by Crippen LogP contribution is -2.18. The van der Waals surface area contributed by atoms with E-state index in [1.54, 1.807) is 0 Å². The van der Waals surface area contributed by atoms with Crippen LogP contribution in [0.3, 0.4) is 0 Å². The van der Waals surface area contributed by atoms with Crippen LogP contribution in [0, 0.1) is 5.92 Å². The van der Waals surface area contributed by atoms with Crippen molar-refractivity contribution in [2.24, 2.45) is 5.92 Å². The van der Waals surface area contributed by atoms with Crippen LogP contribution in [0.15, 0.2) is 12.4 Å². The third-order valence-electron chi connectivity index (χ3n) is 5.55. The van der Waals surface area contributed by atoms with Crippen molar-refractivity contribution >= 4 is 0 Å².